The number of aromatic carboxylic acids is 1. The van der Waals surface area contributed by atoms with Crippen molar-refractivity contribution in [1.29, 1.82) is 0 Å². The number of nitrogens with zero attached hydrogens (tertiary/aromatic N) is 1. The minimum atomic E-state index is -0.962. The second-order valence-corrected chi connectivity index (χ2v) is 6.19. The van der Waals surface area contributed by atoms with Crippen LogP contribution in [-0.2, 0) is 16.0 Å². The number of rotatable bonds is 6. The molecule has 0 spiro atoms. The molecule has 1 aromatic carbocycles. The average Bonchev–Trinajstić information content (AvgIpc) is 3.21. The highest BCUT2D eigenvalue weighted by atomic mass is 16.5. The Morgan fingerprint density at radius 3 is 2.73 bits per heavy atom. The van der Waals surface area contributed by atoms with Crippen molar-refractivity contribution in [2.24, 2.45) is 5.92 Å². The predicted molar refractivity (Wildman–Crippen MR) is 80.8 cm³/mol. The highest BCUT2D eigenvalue weighted by Gasteiger charge is 2.34. The molecular weight excluding hydrogens is 282 g/mol. The standard InChI is InChI=1S/C17H21NO4/c19-16(9-12-2-1-3-14(8-12)17(20)21)18(15-4-5-15)10-13-6-7-22-11-13/h1-3,8,13,15H,4-7,9-11H2,(H,20,21)/t13-/m1/s1. The molecule has 22 heavy (non-hydrogen) atoms. The van der Waals surface area contributed by atoms with Crippen LogP contribution in [0.4, 0.5) is 0 Å². The molecule has 0 bridgehead atoms. The molecule has 1 N–H and O–H groups in total. The highest BCUT2D eigenvalue weighted by molar-refractivity contribution is 5.88. The molecule has 1 aromatic rings. The van der Waals surface area contributed by atoms with E-state index in [2.05, 4.69) is 0 Å². The molecule has 2 aliphatic rings. The molecule has 1 aliphatic carbocycles. The van der Waals surface area contributed by atoms with Crippen LogP contribution in [0.2, 0.25) is 0 Å². The van der Waals surface area contributed by atoms with E-state index in [1.165, 1.54) is 0 Å². The van der Waals surface area contributed by atoms with Gasteiger partial charge in [0.05, 0.1) is 18.6 Å². The fourth-order valence-corrected chi connectivity index (χ4v) is 2.94. The Balaban J connectivity index is 1.65. The Kier molecular flexibility index (Phi) is 4.43. The lowest BCUT2D eigenvalue weighted by molar-refractivity contribution is -0.131. The van der Waals surface area contributed by atoms with Gasteiger partial charge in [-0.15, -0.1) is 0 Å². The maximum absolute atomic E-state index is 12.6. The van der Waals surface area contributed by atoms with Crippen LogP contribution >= 0.6 is 0 Å². The number of hydrogen-bond acceptors (Lipinski definition) is 3. The van der Waals surface area contributed by atoms with Gasteiger partial charge in [-0.2, -0.15) is 0 Å². The third-order valence-electron chi connectivity index (χ3n) is 4.32. The molecule has 118 valence electrons. The molecule has 3 rings (SSSR count). The molecule has 0 unspecified atom stereocenters. The normalized spacial score (nSPS) is 20.8. The fraction of sp³-hybridized carbons (Fsp3) is 0.529. The van der Waals surface area contributed by atoms with Crippen LogP contribution in [0, 0.1) is 5.92 Å². The molecular formula is C17H21NO4. The van der Waals surface area contributed by atoms with Gasteiger partial charge in [-0.05, 0) is 37.0 Å². The topological polar surface area (TPSA) is 66.8 Å². The number of carboxylic acids is 1. The van der Waals surface area contributed by atoms with E-state index >= 15 is 0 Å². The van der Waals surface area contributed by atoms with E-state index in [1.807, 2.05) is 11.0 Å². The van der Waals surface area contributed by atoms with Crippen molar-refractivity contribution in [1.82, 2.24) is 4.90 Å². The van der Waals surface area contributed by atoms with Gasteiger partial charge in [0.1, 0.15) is 0 Å². The van der Waals surface area contributed by atoms with Gasteiger partial charge in [-0.1, -0.05) is 12.1 Å². The monoisotopic (exact) mass is 303 g/mol. The number of amides is 1. The second-order valence-electron chi connectivity index (χ2n) is 6.19. The van der Waals surface area contributed by atoms with Crippen molar-refractivity contribution >= 4 is 11.9 Å². The Hall–Kier alpha value is -1.88. The van der Waals surface area contributed by atoms with E-state index in [4.69, 9.17) is 9.84 Å². The van der Waals surface area contributed by atoms with Gasteiger partial charge in [-0.3, -0.25) is 4.79 Å². The number of carbonyl (C=O) groups excluding carboxylic acids is 1. The SMILES string of the molecule is O=C(O)c1cccc(CC(=O)N(C[C@H]2CCOC2)C2CC2)c1. The molecule has 1 heterocycles. The van der Waals surface area contributed by atoms with Crippen molar-refractivity contribution in [3.05, 3.63) is 35.4 Å². The molecule has 2 fully saturated rings. The third kappa shape index (κ3) is 3.65. The van der Waals surface area contributed by atoms with Gasteiger partial charge in [0, 0.05) is 25.1 Å². The summed E-state index contributed by atoms with van der Waals surface area (Å²) in [5.74, 6) is -0.428. The molecule has 5 heteroatoms. The smallest absolute Gasteiger partial charge is 0.335 e. The first-order valence-corrected chi connectivity index (χ1v) is 7.83. The first-order valence-electron chi connectivity index (χ1n) is 7.83. The molecule has 1 saturated heterocycles. The van der Waals surface area contributed by atoms with Crippen LogP contribution in [-0.4, -0.2) is 47.7 Å². The summed E-state index contributed by atoms with van der Waals surface area (Å²) in [6.07, 6.45) is 3.44. The maximum Gasteiger partial charge on any atom is 0.335 e. The van der Waals surface area contributed by atoms with E-state index < -0.39 is 5.97 Å². The van der Waals surface area contributed by atoms with Crippen molar-refractivity contribution in [3.8, 4) is 0 Å². The number of ether oxygens (including phenoxy) is 1. The van der Waals surface area contributed by atoms with Crippen molar-refractivity contribution in [3.63, 3.8) is 0 Å². The van der Waals surface area contributed by atoms with Gasteiger partial charge < -0.3 is 14.7 Å². The lowest BCUT2D eigenvalue weighted by atomic mass is 10.1. The number of benzene rings is 1. The summed E-state index contributed by atoms with van der Waals surface area (Å²) in [5.41, 5.74) is 0.991. The summed E-state index contributed by atoms with van der Waals surface area (Å²) in [6.45, 7) is 2.30. The number of hydrogen-bond donors (Lipinski definition) is 1. The average molecular weight is 303 g/mol. The predicted octanol–water partition coefficient (Wildman–Crippen LogP) is 1.95. The van der Waals surface area contributed by atoms with E-state index in [-0.39, 0.29) is 17.9 Å². The minimum Gasteiger partial charge on any atom is -0.478 e. The fourth-order valence-electron chi connectivity index (χ4n) is 2.94. The Morgan fingerprint density at radius 2 is 2.09 bits per heavy atom. The Morgan fingerprint density at radius 1 is 1.27 bits per heavy atom. The quantitative estimate of drug-likeness (QED) is 0.872. The zero-order valence-corrected chi connectivity index (χ0v) is 12.5. The van der Waals surface area contributed by atoms with Crippen LogP contribution in [0.25, 0.3) is 0 Å². The summed E-state index contributed by atoms with van der Waals surface area (Å²) in [5, 5.41) is 9.03. The summed E-state index contributed by atoms with van der Waals surface area (Å²) < 4.78 is 5.39. The molecule has 0 aromatic heterocycles. The van der Waals surface area contributed by atoms with Crippen LogP contribution < -0.4 is 0 Å². The van der Waals surface area contributed by atoms with Gasteiger partial charge in [0.2, 0.25) is 5.91 Å². The minimum absolute atomic E-state index is 0.0944. The molecule has 1 atom stereocenters. The van der Waals surface area contributed by atoms with E-state index in [9.17, 15) is 9.59 Å². The maximum atomic E-state index is 12.6. The van der Waals surface area contributed by atoms with Crippen LogP contribution in [0.15, 0.2) is 24.3 Å². The molecule has 1 aliphatic heterocycles. The van der Waals surface area contributed by atoms with E-state index in [1.54, 1.807) is 18.2 Å². The molecule has 0 radical (unpaired) electrons. The zero-order valence-electron chi connectivity index (χ0n) is 12.5. The highest BCUT2D eigenvalue weighted by Crippen LogP contribution is 2.29. The van der Waals surface area contributed by atoms with E-state index in [0.717, 1.165) is 44.6 Å². The lowest BCUT2D eigenvalue weighted by Gasteiger charge is -2.25. The van der Waals surface area contributed by atoms with Crippen molar-refractivity contribution < 1.29 is 19.4 Å². The summed E-state index contributed by atoms with van der Waals surface area (Å²) in [7, 11) is 0. The van der Waals surface area contributed by atoms with E-state index in [0.29, 0.717) is 12.0 Å². The van der Waals surface area contributed by atoms with Crippen LogP contribution in [0.5, 0.6) is 0 Å². The molecule has 5 nitrogen and oxygen atoms in total. The van der Waals surface area contributed by atoms with Crippen molar-refractivity contribution in [2.45, 2.75) is 31.7 Å². The summed E-state index contributed by atoms with van der Waals surface area (Å²) in [6, 6.07) is 7.01. The third-order valence-corrected chi connectivity index (χ3v) is 4.32. The zero-order chi connectivity index (χ0) is 15.5. The van der Waals surface area contributed by atoms with Crippen molar-refractivity contribution in [2.75, 3.05) is 19.8 Å². The van der Waals surface area contributed by atoms with Crippen LogP contribution in [0.1, 0.15) is 35.2 Å². The summed E-state index contributed by atoms with van der Waals surface area (Å²) >= 11 is 0. The van der Waals surface area contributed by atoms with Gasteiger partial charge in [-0.25, -0.2) is 4.79 Å². The second kappa shape index (κ2) is 6.48. The van der Waals surface area contributed by atoms with Gasteiger partial charge in [0.15, 0.2) is 0 Å². The molecule has 1 saturated carbocycles. The first kappa shape index (κ1) is 15.0. The lowest BCUT2D eigenvalue weighted by Crippen LogP contribution is -2.38. The van der Waals surface area contributed by atoms with Gasteiger partial charge in [0.25, 0.3) is 0 Å². The molecule has 1 amide bonds. The first-order chi connectivity index (χ1) is 10.6. The Labute approximate surface area is 129 Å². The van der Waals surface area contributed by atoms with Gasteiger partial charge >= 0.3 is 5.97 Å². The summed E-state index contributed by atoms with van der Waals surface area (Å²) in [4.78, 5) is 25.6. The number of carboxylic acid groups (broad SMARTS) is 1. The largest absolute Gasteiger partial charge is 0.478 e. The van der Waals surface area contributed by atoms with Crippen LogP contribution in [0.3, 0.4) is 0 Å². The Bertz CT molecular complexity index is 562. The number of carbonyl (C=O) groups is 2.